The fourth-order valence-electron chi connectivity index (χ4n) is 2.88. The average molecular weight is 476 g/mol. The summed E-state index contributed by atoms with van der Waals surface area (Å²) in [5.41, 5.74) is 0.376. The molecule has 2 amide bonds. The molecule has 166 valence electrons. The van der Waals surface area contributed by atoms with Crippen LogP contribution < -0.4 is 14.9 Å². The summed E-state index contributed by atoms with van der Waals surface area (Å²) in [6.07, 6.45) is 0. The van der Waals surface area contributed by atoms with Gasteiger partial charge < -0.3 is 10.6 Å². The van der Waals surface area contributed by atoms with E-state index in [1.54, 1.807) is 18.2 Å². The Balaban J connectivity index is 1.87. The predicted molar refractivity (Wildman–Crippen MR) is 121 cm³/mol. The summed E-state index contributed by atoms with van der Waals surface area (Å²) in [6, 6.07) is 15.4. The van der Waals surface area contributed by atoms with Crippen molar-refractivity contribution in [2.24, 2.45) is 0 Å². The smallest absolute Gasteiger partial charge is 0.264 e. The number of carbonyl (C=O) groups excluding carboxylic acids is 2. The third-order valence-corrected chi connectivity index (χ3v) is 6.64. The highest BCUT2D eigenvalue weighted by molar-refractivity contribution is 7.92. The van der Waals surface area contributed by atoms with Gasteiger partial charge in [-0.15, -0.1) is 0 Å². The topological polar surface area (TPSA) is 95.6 Å². The Kier molecular flexibility index (Phi) is 6.81. The zero-order chi connectivity index (χ0) is 23.5. The van der Waals surface area contributed by atoms with E-state index < -0.39 is 27.7 Å². The minimum absolute atomic E-state index is 0.0661. The van der Waals surface area contributed by atoms with Gasteiger partial charge in [0.15, 0.2) is 0 Å². The molecule has 7 nitrogen and oxygen atoms in total. The van der Waals surface area contributed by atoms with Crippen molar-refractivity contribution in [1.29, 1.82) is 0 Å². The molecule has 0 aliphatic carbocycles. The number of halogens is 2. The molecule has 32 heavy (non-hydrogen) atoms. The molecule has 3 aromatic rings. The van der Waals surface area contributed by atoms with Crippen molar-refractivity contribution in [2.45, 2.75) is 4.90 Å². The first kappa shape index (κ1) is 23.2. The van der Waals surface area contributed by atoms with Crippen LogP contribution in [0.1, 0.15) is 20.7 Å². The van der Waals surface area contributed by atoms with Crippen molar-refractivity contribution in [3.63, 3.8) is 0 Å². The minimum Gasteiger partial charge on any atom is -0.355 e. The van der Waals surface area contributed by atoms with Gasteiger partial charge in [0, 0.05) is 30.4 Å². The van der Waals surface area contributed by atoms with Crippen molar-refractivity contribution in [1.82, 2.24) is 5.32 Å². The molecule has 0 unspecified atom stereocenters. The van der Waals surface area contributed by atoms with Crippen LogP contribution in [0.4, 0.5) is 15.8 Å². The van der Waals surface area contributed by atoms with Crippen LogP contribution in [0, 0.1) is 5.82 Å². The second-order valence-electron chi connectivity index (χ2n) is 6.71. The normalized spacial score (nSPS) is 11.0. The van der Waals surface area contributed by atoms with Crippen LogP contribution in [0.25, 0.3) is 0 Å². The molecule has 0 aromatic heterocycles. The Bertz CT molecular complexity index is 1300. The third-order valence-electron chi connectivity index (χ3n) is 4.62. The number of amides is 2. The van der Waals surface area contributed by atoms with Crippen LogP contribution in [0.2, 0.25) is 5.02 Å². The van der Waals surface area contributed by atoms with E-state index in [9.17, 15) is 22.4 Å². The summed E-state index contributed by atoms with van der Waals surface area (Å²) in [6.45, 7) is 0. The van der Waals surface area contributed by atoms with E-state index in [1.807, 2.05) is 0 Å². The molecular weight excluding hydrogens is 457 g/mol. The number of benzene rings is 3. The Labute approximate surface area is 189 Å². The second kappa shape index (κ2) is 9.37. The van der Waals surface area contributed by atoms with Gasteiger partial charge >= 0.3 is 0 Å². The summed E-state index contributed by atoms with van der Waals surface area (Å²) in [5.74, 6) is -2.00. The molecule has 0 saturated heterocycles. The van der Waals surface area contributed by atoms with Crippen molar-refractivity contribution in [2.75, 3.05) is 23.7 Å². The third kappa shape index (κ3) is 4.90. The molecule has 0 spiro atoms. The number of hydrogen-bond acceptors (Lipinski definition) is 4. The van der Waals surface area contributed by atoms with Crippen LogP contribution in [-0.2, 0) is 10.0 Å². The minimum atomic E-state index is -3.97. The molecule has 0 aliphatic heterocycles. The van der Waals surface area contributed by atoms with Crippen molar-refractivity contribution >= 4 is 44.8 Å². The maximum atomic E-state index is 13.8. The number of nitrogens with one attached hydrogen (secondary N) is 2. The summed E-state index contributed by atoms with van der Waals surface area (Å²) in [4.78, 5) is 24.3. The van der Waals surface area contributed by atoms with Crippen molar-refractivity contribution in [3.05, 3.63) is 88.7 Å². The average Bonchev–Trinajstić information content (AvgIpc) is 2.79. The van der Waals surface area contributed by atoms with Gasteiger partial charge in [0.2, 0.25) is 0 Å². The lowest BCUT2D eigenvalue weighted by Gasteiger charge is -2.20. The summed E-state index contributed by atoms with van der Waals surface area (Å²) in [7, 11) is -1.23. The molecule has 2 N–H and O–H groups in total. The molecule has 0 saturated carbocycles. The Hall–Kier alpha value is -3.43. The molecular formula is C22H19ClFN3O4S. The highest BCUT2D eigenvalue weighted by Crippen LogP contribution is 2.25. The Morgan fingerprint density at radius 2 is 1.69 bits per heavy atom. The number of rotatable bonds is 6. The molecule has 0 aliphatic rings. The van der Waals surface area contributed by atoms with Crippen LogP contribution >= 0.6 is 11.6 Å². The van der Waals surface area contributed by atoms with E-state index in [1.165, 1.54) is 56.6 Å². The maximum absolute atomic E-state index is 13.8. The van der Waals surface area contributed by atoms with Gasteiger partial charge in [0.1, 0.15) is 5.82 Å². The largest absolute Gasteiger partial charge is 0.355 e. The summed E-state index contributed by atoms with van der Waals surface area (Å²) in [5, 5.41) is 5.24. The van der Waals surface area contributed by atoms with E-state index in [-0.39, 0.29) is 21.7 Å². The molecule has 0 fully saturated rings. The second-order valence-corrected chi connectivity index (χ2v) is 9.11. The number of sulfonamides is 1. The van der Waals surface area contributed by atoms with Crippen molar-refractivity contribution in [3.8, 4) is 0 Å². The van der Waals surface area contributed by atoms with E-state index in [0.29, 0.717) is 10.7 Å². The van der Waals surface area contributed by atoms with Gasteiger partial charge in [0.05, 0.1) is 16.1 Å². The first-order chi connectivity index (χ1) is 15.1. The maximum Gasteiger partial charge on any atom is 0.264 e. The molecule has 0 atom stereocenters. The molecule has 10 heteroatoms. The predicted octanol–water partition coefficient (Wildman–Crippen LogP) is 3.92. The van der Waals surface area contributed by atoms with E-state index in [2.05, 4.69) is 10.6 Å². The SMILES string of the molecule is CNC(=O)c1cc(NC(=O)c2cccc(S(=O)(=O)N(C)c3cccc(Cl)c3)c2)ccc1F. The quantitative estimate of drug-likeness (QED) is 0.565. The van der Waals surface area contributed by atoms with Crippen LogP contribution in [0.3, 0.4) is 0 Å². The zero-order valence-corrected chi connectivity index (χ0v) is 18.7. The standard InChI is InChI=1S/C22H19ClFN3O4S/c1-25-22(29)19-13-16(9-10-20(19)24)26-21(28)14-5-3-8-18(11-14)32(30,31)27(2)17-7-4-6-15(23)12-17/h3-13H,1-2H3,(H,25,29)(H,26,28). The fourth-order valence-corrected chi connectivity index (χ4v) is 4.30. The Morgan fingerprint density at radius 1 is 0.969 bits per heavy atom. The summed E-state index contributed by atoms with van der Waals surface area (Å²) < 4.78 is 41.0. The van der Waals surface area contributed by atoms with Crippen LogP contribution in [0.15, 0.2) is 71.6 Å². The van der Waals surface area contributed by atoms with Crippen LogP contribution in [-0.4, -0.2) is 34.3 Å². The monoisotopic (exact) mass is 475 g/mol. The van der Waals surface area contributed by atoms with Gasteiger partial charge in [-0.1, -0.05) is 23.7 Å². The lowest BCUT2D eigenvalue weighted by molar-refractivity contribution is 0.0957. The van der Waals surface area contributed by atoms with Crippen LogP contribution in [0.5, 0.6) is 0 Å². The Morgan fingerprint density at radius 3 is 2.38 bits per heavy atom. The van der Waals surface area contributed by atoms with E-state index >= 15 is 0 Å². The summed E-state index contributed by atoms with van der Waals surface area (Å²) >= 11 is 5.96. The van der Waals surface area contributed by atoms with Crippen molar-refractivity contribution < 1.29 is 22.4 Å². The number of carbonyl (C=O) groups is 2. The highest BCUT2D eigenvalue weighted by Gasteiger charge is 2.23. The van der Waals surface area contributed by atoms with E-state index in [0.717, 1.165) is 10.4 Å². The molecule has 0 radical (unpaired) electrons. The number of hydrogen-bond donors (Lipinski definition) is 2. The first-order valence-electron chi connectivity index (χ1n) is 9.31. The number of anilines is 2. The highest BCUT2D eigenvalue weighted by atomic mass is 35.5. The lowest BCUT2D eigenvalue weighted by Crippen LogP contribution is -2.27. The van der Waals surface area contributed by atoms with Gasteiger partial charge in [0.25, 0.3) is 21.8 Å². The molecule has 0 bridgehead atoms. The first-order valence-corrected chi connectivity index (χ1v) is 11.1. The van der Waals surface area contributed by atoms with Gasteiger partial charge in [-0.25, -0.2) is 12.8 Å². The molecule has 3 rings (SSSR count). The van der Waals surface area contributed by atoms with Gasteiger partial charge in [-0.3, -0.25) is 13.9 Å². The zero-order valence-electron chi connectivity index (χ0n) is 17.1. The van der Waals surface area contributed by atoms with E-state index in [4.69, 9.17) is 11.6 Å². The molecule has 3 aromatic carbocycles. The van der Waals surface area contributed by atoms with Gasteiger partial charge in [-0.05, 0) is 54.6 Å². The fraction of sp³-hybridized carbons (Fsp3) is 0.0909. The lowest BCUT2D eigenvalue weighted by atomic mass is 10.1. The number of nitrogens with zero attached hydrogens (tertiary/aromatic N) is 1. The van der Waals surface area contributed by atoms with Gasteiger partial charge in [-0.2, -0.15) is 0 Å². The molecule has 0 heterocycles.